The molecule has 2 heterocycles. The Labute approximate surface area is 84.1 Å². The number of piperidine rings is 1. The van der Waals surface area contributed by atoms with Crippen LogP contribution in [0.4, 0.5) is 0 Å². The van der Waals surface area contributed by atoms with Crippen LogP contribution < -0.4 is 5.43 Å². The minimum atomic E-state index is 0.774. The Hall–Kier alpha value is -0.940. The lowest BCUT2D eigenvalue weighted by Gasteiger charge is -2.26. The van der Waals surface area contributed by atoms with Gasteiger partial charge in [0.2, 0.25) is 0 Å². The van der Waals surface area contributed by atoms with Crippen molar-refractivity contribution < 1.29 is 0 Å². The number of aryl methyl sites for hydroxylation is 1. The maximum Gasteiger partial charge on any atom is 0.147 e. The summed E-state index contributed by atoms with van der Waals surface area (Å²) in [6.07, 6.45) is 5.69. The van der Waals surface area contributed by atoms with Gasteiger partial charge < -0.3 is 4.57 Å². The second-order valence-corrected chi connectivity index (χ2v) is 3.74. The Bertz CT molecular complexity index is 276. The van der Waals surface area contributed by atoms with E-state index in [1.807, 2.05) is 11.6 Å². The van der Waals surface area contributed by atoms with Crippen molar-refractivity contribution in [2.45, 2.75) is 25.8 Å². The molecule has 1 N–H and O–H groups in total. The Morgan fingerprint density at radius 1 is 1.36 bits per heavy atom. The van der Waals surface area contributed by atoms with Crippen molar-refractivity contribution in [3.63, 3.8) is 0 Å². The molecular formula is C9H17N5. The zero-order valence-electron chi connectivity index (χ0n) is 8.61. The third kappa shape index (κ3) is 2.30. The topological polar surface area (TPSA) is 46.0 Å². The SMILES string of the molecule is Cn1cnnc1CNN1CCCCC1. The predicted molar refractivity (Wildman–Crippen MR) is 53.3 cm³/mol. The predicted octanol–water partition coefficient (Wildman–Crippen LogP) is 0.306. The summed E-state index contributed by atoms with van der Waals surface area (Å²) >= 11 is 0. The lowest BCUT2D eigenvalue weighted by molar-refractivity contribution is 0.149. The largest absolute Gasteiger partial charge is 0.320 e. The van der Waals surface area contributed by atoms with E-state index >= 15 is 0 Å². The molecule has 0 saturated carbocycles. The molecule has 1 aromatic heterocycles. The van der Waals surface area contributed by atoms with Gasteiger partial charge in [-0.1, -0.05) is 6.42 Å². The van der Waals surface area contributed by atoms with Crippen LogP contribution in [0.25, 0.3) is 0 Å². The molecule has 2 rings (SSSR count). The zero-order chi connectivity index (χ0) is 9.80. The first kappa shape index (κ1) is 9.61. The Balaban J connectivity index is 1.79. The van der Waals surface area contributed by atoms with Gasteiger partial charge in [0.1, 0.15) is 12.2 Å². The fraction of sp³-hybridized carbons (Fsp3) is 0.778. The molecular weight excluding hydrogens is 178 g/mol. The first-order valence-corrected chi connectivity index (χ1v) is 5.17. The van der Waals surface area contributed by atoms with Gasteiger partial charge in [0.25, 0.3) is 0 Å². The van der Waals surface area contributed by atoms with Crippen molar-refractivity contribution in [2.24, 2.45) is 7.05 Å². The Kier molecular flexibility index (Phi) is 3.10. The van der Waals surface area contributed by atoms with Crippen molar-refractivity contribution in [2.75, 3.05) is 13.1 Å². The number of hydrogen-bond donors (Lipinski definition) is 1. The van der Waals surface area contributed by atoms with E-state index in [0.29, 0.717) is 0 Å². The van der Waals surface area contributed by atoms with E-state index in [1.54, 1.807) is 6.33 Å². The van der Waals surface area contributed by atoms with Crippen LogP contribution in [0.3, 0.4) is 0 Å². The summed E-state index contributed by atoms with van der Waals surface area (Å²) in [5.41, 5.74) is 3.37. The van der Waals surface area contributed by atoms with Gasteiger partial charge >= 0.3 is 0 Å². The maximum atomic E-state index is 4.02. The highest BCUT2D eigenvalue weighted by Crippen LogP contribution is 2.06. The Morgan fingerprint density at radius 2 is 2.14 bits per heavy atom. The van der Waals surface area contributed by atoms with Gasteiger partial charge in [-0.3, -0.25) is 0 Å². The zero-order valence-corrected chi connectivity index (χ0v) is 8.61. The quantitative estimate of drug-likeness (QED) is 0.754. The monoisotopic (exact) mass is 195 g/mol. The Morgan fingerprint density at radius 3 is 2.79 bits per heavy atom. The summed E-state index contributed by atoms with van der Waals surface area (Å²) < 4.78 is 1.94. The van der Waals surface area contributed by atoms with E-state index in [4.69, 9.17) is 0 Å². The lowest BCUT2D eigenvalue weighted by Crippen LogP contribution is -2.41. The second-order valence-electron chi connectivity index (χ2n) is 3.74. The van der Waals surface area contributed by atoms with E-state index < -0.39 is 0 Å². The highest BCUT2D eigenvalue weighted by atomic mass is 15.5. The van der Waals surface area contributed by atoms with Crippen LogP contribution in [0.1, 0.15) is 25.1 Å². The number of hydrogen-bond acceptors (Lipinski definition) is 4. The summed E-state index contributed by atoms with van der Waals surface area (Å²) in [7, 11) is 1.97. The molecule has 1 aliphatic rings. The highest BCUT2D eigenvalue weighted by molar-refractivity contribution is 4.82. The average molecular weight is 195 g/mol. The van der Waals surface area contributed by atoms with Gasteiger partial charge in [-0.2, -0.15) is 0 Å². The molecule has 0 bridgehead atoms. The first-order chi connectivity index (χ1) is 6.86. The van der Waals surface area contributed by atoms with E-state index in [1.165, 1.54) is 19.3 Å². The number of nitrogens with zero attached hydrogens (tertiary/aromatic N) is 4. The minimum absolute atomic E-state index is 0.774. The van der Waals surface area contributed by atoms with Crippen LogP contribution in [0.2, 0.25) is 0 Å². The third-order valence-corrected chi connectivity index (χ3v) is 2.62. The number of nitrogens with one attached hydrogen (secondary N) is 1. The lowest BCUT2D eigenvalue weighted by atomic mass is 10.2. The van der Waals surface area contributed by atoms with Crippen molar-refractivity contribution in [1.29, 1.82) is 0 Å². The normalized spacial score (nSPS) is 18.6. The molecule has 5 heteroatoms. The van der Waals surface area contributed by atoms with Crippen LogP contribution in [0, 0.1) is 0 Å². The number of rotatable bonds is 3. The molecule has 0 radical (unpaired) electrons. The molecule has 0 aromatic carbocycles. The molecule has 1 aliphatic heterocycles. The molecule has 0 unspecified atom stereocenters. The summed E-state index contributed by atoms with van der Waals surface area (Å²) in [5, 5.41) is 10.1. The minimum Gasteiger partial charge on any atom is -0.320 e. The summed E-state index contributed by atoms with van der Waals surface area (Å²) in [5.74, 6) is 0.982. The molecule has 1 aromatic rings. The molecule has 1 saturated heterocycles. The van der Waals surface area contributed by atoms with E-state index in [-0.39, 0.29) is 0 Å². The number of aromatic nitrogens is 3. The summed E-state index contributed by atoms with van der Waals surface area (Å²) in [6.45, 7) is 3.08. The van der Waals surface area contributed by atoms with Gasteiger partial charge in [-0.15, -0.1) is 10.2 Å². The standard InChI is InChI=1S/C9H17N5/c1-13-8-10-12-9(13)7-11-14-5-3-2-4-6-14/h8,11H,2-7H2,1H3. The molecule has 0 atom stereocenters. The second kappa shape index (κ2) is 4.52. The average Bonchev–Trinajstić information content (AvgIpc) is 2.63. The molecule has 0 aliphatic carbocycles. The van der Waals surface area contributed by atoms with Crippen LogP contribution in [0.5, 0.6) is 0 Å². The van der Waals surface area contributed by atoms with Crippen LogP contribution >= 0.6 is 0 Å². The van der Waals surface area contributed by atoms with E-state index in [0.717, 1.165) is 25.5 Å². The van der Waals surface area contributed by atoms with Crippen molar-refractivity contribution in [3.05, 3.63) is 12.2 Å². The molecule has 78 valence electrons. The van der Waals surface area contributed by atoms with Crippen molar-refractivity contribution in [3.8, 4) is 0 Å². The number of hydrazine groups is 1. The fourth-order valence-electron chi connectivity index (χ4n) is 1.70. The first-order valence-electron chi connectivity index (χ1n) is 5.17. The van der Waals surface area contributed by atoms with Crippen LogP contribution in [-0.2, 0) is 13.6 Å². The van der Waals surface area contributed by atoms with E-state index in [2.05, 4.69) is 20.6 Å². The van der Waals surface area contributed by atoms with Gasteiger partial charge in [0.15, 0.2) is 0 Å². The van der Waals surface area contributed by atoms with Crippen LogP contribution in [0.15, 0.2) is 6.33 Å². The molecule has 0 amide bonds. The summed E-state index contributed by atoms with van der Waals surface area (Å²) in [6, 6.07) is 0. The van der Waals surface area contributed by atoms with Crippen molar-refractivity contribution in [1.82, 2.24) is 25.2 Å². The molecule has 14 heavy (non-hydrogen) atoms. The maximum absolute atomic E-state index is 4.02. The molecule has 0 spiro atoms. The van der Waals surface area contributed by atoms with Crippen molar-refractivity contribution >= 4 is 0 Å². The molecule has 1 fully saturated rings. The van der Waals surface area contributed by atoms with Crippen LogP contribution in [-0.4, -0.2) is 32.9 Å². The highest BCUT2D eigenvalue weighted by Gasteiger charge is 2.10. The smallest absolute Gasteiger partial charge is 0.147 e. The van der Waals surface area contributed by atoms with Gasteiger partial charge in [-0.25, -0.2) is 10.4 Å². The van der Waals surface area contributed by atoms with Gasteiger partial charge in [-0.05, 0) is 12.8 Å². The van der Waals surface area contributed by atoms with E-state index in [9.17, 15) is 0 Å². The van der Waals surface area contributed by atoms with Gasteiger partial charge in [0.05, 0.1) is 6.54 Å². The fourth-order valence-corrected chi connectivity index (χ4v) is 1.70. The van der Waals surface area contributed by atoms with Gasteiger partial charge in [0, 0.05) is 20.1 Å². The third-order valence-electron chi connectivity index (χ3n) is 2.62. The summed E-state index contributed by atoms with van der Waals surface area (Å²) in [4.78, 5) is 0. The molecule has 5 nitrogen and oxygen atoms in total.